The van der Waals surface area contributed by atoms with E-state index in [1.807, 2.05) is 36.4 Å². The average Bonchev–Trinajstić information content (AvgIpc) is 2.76. The van der Waals surface area contributed by atoms with Crippen LogP contribution in [0.1, 0.15) is 42.5 Å². The first-order valence-corrected chi connectivity index (χ1v) is 10.3. The lowest BCUT2D eigenvalue weighted by atomic mass is 10.0. The molecule has 0 saturated heterocycles. The Labute approximate surface area is 175 Å². The summed E-state index contributed by atoms with van der Waals surface area (Å²) in [5, 5.41) is 0. The monoisotopic (exact) mass is 383 g/mol. The van der Waals surface area contributed by atoms with Crippen LogP contribution in [0.5, 0.6) is 5.75 Å². The molecule has 2 nitrogen and oxygen atoms in total. The molecular formula is C27H29NO. The summed E-state index contributed by atoms with van der Waals surface area (Å²) in [6, 6.07) is 29.1. The predicted octanol–water partition coefficient (Wildman–Crippen LogP) is 6.09. The summed E-state index contributed by atoms with van der Waals surface area (Å²) in [6.07, 6.45) is 2.22. The van der Waals surface area contributed by atoms with Gasteiger partial charge in [0.05, 0.1) is 12.6 Å². The van der Waals surface area contributed by atoms with E-state index in [-0.39, 0.29) is 6.04 Å². The van der Waals surface area contributed by atoms with Gasteiger partial charge in [0.2, 0.25) is 0 Å². The van der Waals surface area contributed by atoms with Gasteiger partial charge in [-0.05, 0) is 48.9 Å². The van der Waals surface area contributed by atoms with Crippen LogP contribution in [-0.2, 0) is 6.54 Å². The van der Waals surface area contributed by atoms with E-state index in [0.29, 0.717) is 0 Å². The third-order valence-electron chi connectivity index (χ3n) is 4.81. The van der Waals surface area contributed by atoms with Gasteiger partial charge in [-0.25, -0.2) is 0 Å². The summed E-state index contributed by atoms with van der Waals surface area (Å²) < 4.78 is 5.74. The largest absolute Gasteiger partial charge is 0.494 e. The van der Waals surface area contributed by atoms with Crippen LogP contribution in [0, 0.1) is 11.8 Å². The quantitative estimate of drug-likeness (QED) is 0.345. The second-order valence-electron chi connectivity index (χ2n) is 7.21. The Balaban J connectivity index is 1.75. The van der Waals surface area contributed by atoms with Gasteiger partial charge in [0.1, 0.15) is 5.75 Å². The van der Waals surface area contributed by atoms with Crippen molar-refractivity contribution in [1.29, 1.82) is 0 Å². The van der Waals surface area contributed by atoms with Crippen molar-refractivity contribution in [2.75, 3.05) is 13.7 Å². The van der Waals surface area contributed by atoms with E-state index in [1.165, 1.54) is 11.1 Å². The van der Waals surface area contributed by atoms with E-state index in [0.717, 1.165) is 37.3 Å². The van der Waals surface area contributed by atoms with E-state index in [1.54, 1.807) is 0 Å². The molecule has 3 aromatic carbocycles. The van der Waals surface area contributed by atoms with Gasteiger partial charge in [0.25, 0.3) is 0 Å². The predicted molar refractivity (Wildman–Crippen MR) is 121 cm³/mol. The number of hydrogen-bond acceptors (Lipinski definition) is 2. The Morgan fingerprint density at radius 1 is 0.862 bits per heavy atom. The molecule has 0 aliphatic rings. The minimum atomic E-state index is 0.0249. The van der Waals surface area contributed by atoms with Gasteiger partial charge in [-0.2, -0.15) is 0 Å². The molecule has 0 spiro atoms. The summed E-state index contributed by atoms with van der Waals surface area (Å²) >= 11 is 0. The van der Waals surface area contributed by atoms with Crippen molar-refractivity contribution in [3.05, 3.63) is 102 Å². The average molecular weight is 384 g/mol. The van der Waals surface area contributed by atoms with Crippen LogP contribution < -0.4 is 4.74 Å². The molecule has 0 saturated carbocycles. The Bertz CT molecular complexity index is 908. The van der Waals surface area contributed by atoms with Crippen LogP contribution >= 0.6 is 0 Å². The fourth-order valence-corrected chi connectivity index (χ4v) is 3.17. The van der Waals surface area contributed by atoms with Crippen LogP contribution in [-0.4, -0.2) is 18.6 Å². The zero-order chi connectivity index (χ0) is 20.3. The molecule has 2 heteroatoms. The molecule has 148 valence electrons. The molecule has 0 aromatic heterocycles. The molecule has 0 fully saturated rings. The second-order valence-corrected chi connectivity index (χ2v) is 7.21. The van der Waals surface area contributed by atoms with E-state index >= 15 is 0 Å². The molecule has 0 bridgehead atoms. The van der Waals surface area contributed by atoms with Gasteiger partial charge >= 0.3 is 0 Å². The van der Waals surface area contributed by atoms with Crippen LogP contribution in [0.4, 0.5) is 0 Å². The highest BCUT2D eigenvalue weighted by Crippen LogP contribution is 2.21. The summed E-state index contributed by atoms with van der Waals surface area (Å²) in [5.41, 5.74) is 3.49. The maximum absolute atomic E-state index is 5.74. The standard InChI is InChI=1S/C27H29NO/c1-3-4-21-29-26-18-15-23(16-19-26)17-20-27(25-13-9-6-10-14-25)28(2)22-24-11-7-5-8-12-24/h5-16,18-19,27H,3-4,21-22H2,1-2H3. The molecule has 3 aromatic rings. The Morgan fingerprint density at radius 2 is 1.52 bits per heavy atom. The zero-order valence-electron chi connectivity index (χ0n) is 17.3. The van der Waals surface area contributed by atoms with E-state index < -0.39 is 0 Å². The van der Waals surface area contributed by atoms with Gasteiger partial charge < -0.3 is 4.74 Å². The topological polar surface area (TPSA) is 12.5 Å². The molecule has 29 heavy (non-hydrogen) atoms. The number of benzene rings is 3. The van der Waals surface area contributed by atoms with Crippen LogP contribution in [0.2, 0.25) is 0 Å². The SMILES string of the molecule is CCCCOc1ccc(C#CC(c2ccccc2)N(C)Cc2ccccc2)cc1. The summed E-state index contributed by atoms with van der Waals surface area (Å²) in [7, 11) is 2.13. The first-order chi connectivity index (χ1) is 14.3. The molecule has 1 unspecified atom stereocenters. The number of nitrogens with zero attached hydrogens (tertiary/aromatic N) is 1. The lowest BCUT2D eigenvalue weighted by molar-refractivity contribution is 0.285. The number of unbranched alkanes of at least 4 members (excludes halogenated alkanes) is 1. The fourth-order valence-electron chi connectivity index (χ4n) is 3.17. The molecule has 0 N–H and O–H groups in total. The lowest BCUT2D eigenvalue weighted by Crippen LogP contribution is -2.23. The maximum Gasteiger partial charge on any atom is 0.119 e. The minimum Gasteiger partial charge on any atom is -0.494 e. The normalized spacial score (nSPS) is 11.6. The van der Waals surface area contributed by atoms with Crippen molar-refractivity contribution < 1.29 is 4.74 Å². The molecule has 1 atom stereocenters. The van der Waals surface area contributed by atoms with Crippen molar-refractivity contribution in [2.45, 2.75) is 32.4 Å². The molecule has 0 amide bonds. The Morgan fingerprint density at radius 3 is 2.17 bits per heavy atom. The van der Waals surface area contributed by atoms with Crippen molar-refractivity contribution in [3.8, 4) is 17.6 Å². The number of hydrogen-bond donors (Lipinski definition) is 0. The van der Waals surface area contributed by atoms with Gasteiger partial charge in [-0.3, -0.25) is 4.90 Å². The molecular weight excluding hydrogens is 354 g/mol. The van der Waals surface area contributed by atoms with Crippen LogP contribution in [0.15, 0.2) is 84.9 Å². The Kier molecular flexibility index (Phi) is 7.92. The van der Waals surface area contributed by atoms with E-state index in [4.69, 9.17) is 4.74 Å². The first kappa shape index (κ1) is 20.7. The number of ether oxygens (including phenoxy) is 1. The highest BCUT2D eigenvalue weighted by Gasteiger charge is 2.14. The van der Waals surface area contributed by atoms with Gasteiger partial charge in [0, 0.05) is 12.1 Å². The summed E-state index contributed by atoms with van der Waals surface area (Å²) in [5.74, 6) is 7.74. The highest BCUT2D eigenvalue weighted by molar-refractivity contribution is 5.40. The summed E-state index contributed by atoms with van der Waals surface area (Å²) in [6.45, 7) is 3.78. The first-order valence-electron chi connectivity index (χ1n) is 10.3. The van der Waals surface area contributed by atoms with Crippen molar-refractivity contribution in [3.63, 3.8) is 0 Å². The van der Waals surface area contributed by atoms with Crippen LogP contribution in [0.3, 0.4) is 0 Å². The second kappa shape index (κ2) is 11.1. The van der Waals surface area contributed by atoms with Gasteiger partial charge in [-0.1, -0.05) is 85.8 Å². The van der Waals surface area contributed by atoms with Gasteiger partial charge in [-0.15, -0.1) is 0 Å². The smallest absolute Gasteiger partial charge is 0.119 e. The van der Waals surface area contributed by atoms with E-state index in [9.17, 15) is 0 Å². The van der Waals surface area contributed by atoms with Crippen molar-refractivity contribution >= 4 is 0 Å². The molecule has 0 aliphatic carbocycles. The van der Waals surface area contributed by atoms with E-state index in [2.05, 4.69) is 79.2 Å². The molecule has 0 aliphatic heterocycles. The molecule has 0 heterocycles. The zero-order valence-corrected chi connectivity index (χ0v) is 17.3. The molecule has 0 radical (unpaired) electrons. The van der Waals surface area contributed by atoms with Crippen LogP contribution in [0.25, 0.3) is 0 Å². The highest BCUT2D eigenvalue weighted by atomic mass is 16.5. The molecule has 3 rings (SSSR count). The Hall–Kier alpha value is -3.02. The fraction of sp³-hybridized carbons (Fsp3) is 0.259. The van der Waals surface area contributed by atoms with Crippen molar-refractivity contribution in [1.82, 2.24) is 4.90 Å². The maximum atomic E-state index is 5.74. The number of rotatable bonds is 8. The third-order valence-corrected chi connectivity index (χ3v) is 4.81. The third kappa shape index (κ3) is 6.52. The summed E-state index contributed by atoms with van der Waals surface area (Å²) in [4.78, 5) is 2.29. The van der Waals surface area contributed by atoms with Crippen molar-refractivity contribution in [2.24, 2.45) is 0 Å². The minimum absolute atomic E-state index is 0.0249. The lowest BCUT2D eigenvalue weighted by Gasteiger charge is -2.24. The van der Waals surface area contributed by atoms with Gasteiger partial charge in [0.15, 0.2) is 0 Å².